The zero-order chi connectivity index (χ0) is 40.1. The van der Waals surface area contributed by atoms with E-state index in [-0.39, 0.29) is 57.2 Å². The normalized spacial score (nSPS) is 17.5. The number of hydrogen-bond donors (Lipinski definition) is 3. The van der Waals surface area contributed by atoms with Crippen LogP contribution in [0.5, 0.6) is 0 Å². The molecule has 2 aliphatic rings. The molecule has 4 aromatic rings. The minimum absolute atomic E-state index is 0.00961. The standard InChI is InChI=1S/C42H49N7O8/c43-40(44)45-22-11-16-30(37(51)38-46-31-17-7-8-18-34(31)56-38)26-33(50)36-35(57-42(54)48-23-9-10-24-48)21-25-49(36)39(52)32(20-19-28-12-3-1-4-13-28)47-41(53)55-27-29-14-5-2-6-15-29/h1-8,12-15,17-18,30,32,35-36H,9-11,16,19-27H2,(H,47,53)(H4,43,44,45)/t30-,32-,35+,36-/m1/s1. The summed E-state index contributed by atoms with van der Waals surface area (Å²) in [6, 6.07) is 23.3. The van der Waals surface area contributed by atoms with E-state index in [1.54, 1.807) is 29.2 Å². The van der Waals surface area contributed by atoms with Gasteiger partial charge in [-0.05, 0) is 61.8 Å². The molecular weight excluding hydrogens is 731 g/mol. The van der Waals surface area contributed by atoms with Crippen molar-refractivity contribution in [2.75, 3.05) is 26.2 Å². The molecule has 15 heteroatoms. The number of aromatic nitrogens is 1. The lowest BCUT2D eigenvalue weighted by Gasteiger charge is -2.31. The van der Waals surface area contributed by atoms with Gasteiger partial charge in [0, 0.05) is 44.9 Å². The highest BCUT2D eigenvalue weighted by Gasteiger charge is 2.47. The highest BCUT2D eigenvalue weighted by Crippen LogP contribution is 2.30. The lowest BCUT2D eigenvalue weighted by atomic mass is 9.89. The number of Topliss-reactive ketones (excluding diaryl/α,β-unsaturated/α-hetero) is 2. The maximum absolute atomic E-state index is 14.6. The molecule has 15 nitrogen and oxygen atoms in total. The molecule has 300 valence electrons. The summed E-state index contributed by atoms with van der Waals surface area (Å²) in [5.41, 5.74) is 13.7. The van der Waals surface area contributed by atoms with Gasteiger partial charge < -0.3 is 40.5 Å². The van der Waals surface area contributed by atoms with E-state index in [4.69, 9.17) is 25.4 Å². The van der Waals surface area contributed by atoms with Crippen LogP contribution in [-0.2, 0) is 32.1 Å². The molecule has 0 radical (unpaired) electrons. The molecule has 57 heavy (non-hydrogen) atoms. The number of nitrogens with one attached hydrogen (secondary N) is 1. The second-order valence-corrected chi connectivity index (χ2v) is 14.3. The lowest BCUT2D eigenvalue weighted by Crippen LogP contribution is -2.54. The molecule has 0 unspecified atom stereocenters. The average molecular weight is 780 g/mol. The van der Waals surface area contributed by atoms with Gasteiger partial charge in [-0.2, -0.15) is 0 Å². The van der Waals surface area contributed by atoms with Gasteiger partial charge in [-0.3, -0.25) is 19.4 Å². The Bertz CT molecular complexity index is 2000. The first-order valence-corrected chi connectivity index (χ1v) is 19.4. The third kappa shape index (κ3) is 11.0. The zero-order valence-corrected chi connectivity index (χ0v) is 31.8. The van der Waals surface area contributed by atoms with E-state index in [1.807, 2.05) is 60.7 Å². The van der Waals surface area contributed by atoms with Crippen molar-refractivity contribution < 1.29 is 37.9 Å². The largest absolute Gasteiger partial charge is 0.445 e. The van der Waals surface area contributed by atoms with Gasteiger partial charge in [-0.25, -0.2) is 14.6 Å². The molecule has 5 N–H and O–H groups in total. The number of hydrogen-bond acceptors (Lipinski definition) is 10. The van der Waals surface area contributed by atoms with Crippen molar-refractivity contribution in [3.63, 3.8) is 0 Å². The Morgan fingerprint density at radius 3 is 2.26 bits per heavy atom. The number of fused-ring (bicyclic) bond motifs is 1. The number of oxazole rings is 1. The molecule has 2 fully saturated rings. The number of alkyl carbamates (subject to hydrolysis) is 1. The van der Waals surface area contributed by atoms with Crippen LogP contribution in [0.4, 0.5) is 9.59 Å². The molecule has 3 heterocycles. The van der Waals surface area contributed by atoms with Crippen LogP contribution < -0.4 is 16.8 Å². The van der Waals surface area contributed by atoms with Gasteiger partial charge in [0.2, 0.25) is 11.7 Å². The quantitative estimate of drug-likeness (QED) is 0.0575. The summed E-state index contributed by atoms with van der Waals surface area (Å²) in [6.45, 7) is 1.34. The van der Waals surface area contributed by atoms with E-state index in [0.29, 0.717) is 37.0 Å². The summed E-state index contributed by atoms with van der Waals surface area (Å²) in [4.78, 5) is 81.1. The third-order valence-corrected chi connectivity index (χ3v) is 10.3. The van der Waals surface area contributed by atoms with Crippen molar-refractivity contribution in [2.24, 2.45) is 22.4 Å². The van der Waals surface area contributed by atoms with Crippen LogP contribution in [-0.4, -0.2) is 94.8 Å². The first-order valence-electron chi connectivity index (χ1n) is 19.4. The highest BCUT2D eigenvalue weighted by atomic mass is 16.6. The van der Waals surface area contributed by atoms with Gasteiger partial charge in [0.15, 0.2) is 17.3 Å². The summed E-state index contributed by atoms with van der Waals surface area (Å²) in [5, 5.41) is 2.74. The van der Waals surface area contributed by atoms with E-state index in [0.717, 1.165) is 24.0 Å². The molecule has 3 aromatic carbocycles. The Labute approximate surface area is 330 Å². The Morgan fingerprint density at radius 2 is 1.56 bits per heavy atom. The van der Waals surface area contributed by atoms with Gasteiger partial charge in [0.25, 0.3) is 5.89 Å². The number of rotatable bonds is 17. The van der Waals surface area contributed by atoms with Crippen molar-refractivity contribution in [2.45, 2.75) is 76.2 Å². The van der Waals surface area contributed by atoms with Gasteiger partial charge in [-0.1, -0.05) is 72.8 Å². The fourth-order valence-corrected chi connectivity index (χ4v) is 7.33. The second kappa shape index (κ2) is 19.6. The van der Waals surface area contributed by atoms with E-state index in [1.165, 1.54) is 4.90 Å². The van der Waals surface area contributed by atoms with Crippen molar-refractivity contribution in [3.05, 3.63) is 102 Å². The Hall–Kier alpha value is -6.25. The number of nitrogens with two attached hydrogens (primary N) is 2. The predicted molar refractivity (Wildman–Crippen MR) is 211 cm³/mol. The van der Waals surface area contributed by atoms with Crippen molar-refractivity contribution in [1.29, 1.82) is 0 Å². The minimum atomic E-state index is -1.23. The summed E-state index contributed by atoms with van der Waals surface area (Å²) >= 11 is 0. The molecule has 0 bridgehead atoms. The van der Waals surface area contributed by atoms with E-state index < -0.39 is 53.8 Å². The number of carbonyl (C=O) groups excluding carboxylic acids is 5. The summed E-state index contributed by atoms with van der Waals surface area (Å²) in [5.74, 6) is -2.68. The Balaban J connectivity index is 1.26. The van der Waals surface area contributed by atoms with Crippen LogP contribution in [0.3, 0.4) is 0 Å². The number of aryl methyl sites for hydroxylation is 1. The van der Waals surface area contributed by atoms with Gasteiger partial charge in [0.1, 0.15) is 30.3 Å². The fraction of sp³-hybridized carbons (Fsp3) is 0.405. The number of benzene rings is 3. The molecule has 2 aliphatic heterocycles. The predicted octanol–water partition coefficient (Wildman–Crippen LogP) is 4.77. The van der Waals surface area contributed by atoms with Crippen molar-refractivity contribution in [3.8, 4) is 0 Å². The van der Waals surface area contributed by atoms with Gasteiger partial charge >= 0.3 is 12.2 Å². The smallest absolute Gasteiger partial charge is 0.410 e. The van der Waals surface area contributed by atoms with Gasteiger partial charge in [0.05, 0.1) is 0 Å². The number of ketones is 2. The first kappa shape index (κ1) is 40.4. The van der Waals surface area contributed by atoms with Crippen molar-refractivity contribution >= 4 is 46.7 Å². The number of likely N-dealkylation sites (tertiary alicyclic amines) is 2. The van der Waals surface area contributed by atoms with Crippen LogP contribution in [0.2, 0.25) is 0 Å². The van der Waals surface area contributed by atoms with E-state index in [9.17, 15) is 24.0 Å². The minimum Gasteiger partial charge on any atom is -0.445 e. The maximum atomic E-state index is 14.6. The highest BCUT2D eigenvalue weighted by molar-refractivity contribution is 6.00. The molecule has 0 aliphatic carbocycles. The van der Waals surface area contributed by atoms with Crippen LogP contribution in [0.1, 0.15) is 66.8 Å². The molecule has 2 saturated heterocycles. The number of ether oxygens (including phenoxy) is 2. The fourth-order valence-electron chi connectivity index (χ4n) is 7.33. The second-order valence-electron chi connectivity index (χ2n) is 14.3. The molecule has 3 amide bonds. The number of para-hydroxylation sites is 2. The number of guanidine groups is 1. The number of aliphatic imine (C=N–C) groups is 1. The summed E-state index contributed by atoms with van der Waals surface area (Å²) < 4.78 is 17.3. The molecule has 4 atom stereocenters. The van der Waals surface area contributed by atoms with Crippen LogP contribution in [0.15, 0.2) is 94.3 Å². The van der Waals surface area contributed by atoms with E-state index in [2.05, 4.69) is 15.3 Å². The zero-order valence-electron chi connectivity index (χ0n) is 31.8. The number of amides is 3. The number of nitrogens with zero attached hydrogens (tertiary/aromatic N) is 4. The lowest BCUT2D eigenvalue weighted by molar-refractivity contribution is -0.141. The number of carbonyl (C=O) groups is 5. The van der Waals surface area contributed by atoms with Gasteiger partial charge in [-0.15, -0.1) is 0 Å². The molecule has 0 saturated carbocycles. The molecule has 1 aromatic heterocycles. The average Bonchev–Trinajstić information content (AvgIpc) is 4.01. The maximum Gasteiger partial charge on any atom is 0.410 e. The van der Waals surface area contributed by atoms with Crippen molar-refractivity contribution in [1.82, 2.24) is 20.1 Å². The summed E-state index contributed by atoms with van der Waals surface area (Å²) in [6.07, 6.45) is 0.381. The van der Waals surface area contributed by atoms with E-state index >= 15 is 0 Å². The topological polar surface area (TPSA) is 213 Å². The Morgan fingerprint density at radius 1 is 0.877 bits per heavy atom. The van der Waals surface area contributed by atoms with Crippen LogP contribution in [0.25, 0.3) is 11.1 Å². The SMILES string of the molecule is NC(N)=NCCC[C@H](CC(=O)[C@@H]1[C@@H](OC(=O)N2CCCC2)CCN1C(=O)[C@@H](CCc1ccccc1)NC(=O)OCc1ccccc1)C(=O)c1nc2ccccc2o1. The molecular formula is C42H49N7O8. The molecule has 6 rings (SSSR count). The third-order valence-electron chi connectivity index (χ3n) is 10.3. The summed E-state index contributed by atoms with van der Waals surface area (Å²) in [7, 11) is 0. The Kier molecular flexibility index (Phi) is 13.9. The monoisotopic (exact) mass is 779 g/mol. The first-order chi connectivity index (χ1) is 27.7. The van der Waals surface area contributed by atoms with Crippen LogP contribution in [0, 0.1) is 5.92 Å². The van der Waals surface area contributed by atoms with Crippen LogP contribution >= 0.6 is 0 Å². The molecule has 0 spiro atoms.